The van der Waals surface area contributed by atoms with Crippen molar-refractivity contribution in [3.05, 3.63) is 60.2 Å². The third-order valence-corrected chi connectivity index (χ3v) is 4.33. The number of aromatic nitrogens is 1. The zero-order chi connectivity index (χ0) is 20.1. The van der Waals surface area contributed by atoms with Gasteiger partial charge in [0.25, 0.3) is 5.91 Å². The SMILES string of the molecule is CCNC(=O)[C@@H](C)OC(=O)c1cc(-c2ccc(OC)cc2)nc2ccccc12. The number of esters is 1. The van der Waals surface area contributed by atoms with E-state index in [9.17, 15) is 9.59 Å². The van der Waals surface area contributed by atoms with Gasteiger partial charge >= 0.3 is 5.97 Å². The molecule has 2 aromatic carbocycles. The third kappa shape index (κ3) is 4.11. The molecular weight excluding hydrogens is 356 g/mol. The number of nitrogens with zero attached hydrogens (tertiary/aromatic N) is 1. The van der Waals surface area contributed by atoms with Crippen LogP contribution in [0.5, 0.6) is 5.75 Å². The maximum absolute atomic E-state index is 12.8. The molecule has 1 N–H and O–H groups in total. The number of likely N-dealkylation sites (N-methyl/N-ethyl adjacent to an activating group) is 1. The highest BCUT2D eigenvalue weighted by Gasteiger charge is 2.21. The number of para-hydroxylation sites is 1. The van der Waals surface area contributed by atoms with Crippen molar-refractivity contribution in [2.24, 2.45) is 0 Å². The fraction of sp³-hybridized carbons (Fsp3) is 0.227. The van der Waals surface area contributed by atoms with Crippen molar-refractivity contribution in [1.29, 1.82) is 0 Å². The zero-order valence-corrected chi connectivity index (χ0v) is 16.1. The van der Waals surface area contributed by atoms with Crippen molar-refractivity contribution in [2.75, 3.05) is 13.7 Å². The highest BCUT2D eigenvalue weighted by molar-refractivity contribution is 6.05. The highest BCUT2D eigenvalue weighted by Crippen LogP contribution is 2.27. The maximum Gasteiger partial charge on any atom is 0.339 e. The smallest absolute Gasteiger partial charge is 0.339 e. The van der Waals surface area contributed by atoms with Gasteiger partial charge in [0, 0.05) is 17.5 Å². The molecule has 1 aromatic heterocycles. The van der Waals surface area contributed by atoms with E-state index >= 15 is 0 Å². The Bertz CT molecular complexity index is 999. The lowest BCUT2D eigenvalue weighted by molar-refractivity contribution is -0.128. The Morgan fingerprint density at radius 3 is 2.50 bits per heavy atom. The number of hydrogen-bond acceptors (Lipinski definition) is 5. The number of methoxy groups -OCH3 is 1. The summed E-state index contributed by atoms with van der Waals surface area (Å²) in [7, 11) is 1.60. The number of carbonyl (C=O) groups is 2. The molecule has 0 aliphatic rings. The number of benzene rings is 2. The lowest BCUT2D eigenvalue weighted by Crippen LogP contribution is -2.35. The van der Waals surface area contributed by atoms with Crippen LogP contribution in [0.4, 0.5) is 0 Å². The van der Waals surface area contributed by atoms with Crippen molar-refractivity contribution in [2.45, 2.75) is 20.0 Å². The second kappa shape index (κ2) is 8.52. The van der Waals surface area contributed by atoms with Crippen LogP contribution in [0.15, 0.2) is 54.6 Å². The summed E-state index contributed by atoms with van der Waals surface area (Å²) in [5, 5.41) is 3.32. The van der Waals surface area contributed by atoms with Gasteiger partial charge in [-0.25, -0.2) is 9.78 Å². The Labute approximate surface area is 163 Å². The van der Waals surface area contributed by atoms with Gasteiger partial charge in [-0.1, -0.05) is 18.2 Å². The largest absolute Gasteiger partial charge is 0.497 e. The quantitative estimate of drug-likeness (QED) is 0.663. The van der Waals surface area contributed by atoms with Crippen LogP contribution >= 0.6 is 0 Å². The van der Waals surface area contributed by atoms with E-state index in [1.54, 1.807) is 20.1 Å². The highest BCUT2D eigenvalue weighted by atomic mass is 16.5. The molecule has 6 heteroatoms. The van der Waals surface area contributed by atoms with Gasteiger partial charge in [0.05, 0.1) is 23.9 Å². The van der Waals surface area contributed by atoms with E-state index in [1.165, 1.54) is 0 Å². The molecule has 144 valence electrons. The summed E-state index contributed by atoms with van der Waals surface area (Å²) in [6.45, 7) is 3.83. The average Bonchev–Trinajstić information content (AvgIpc) is 2.73. The summed E-state index contributed by atoms with van der Waals surface area (Å²) in [6.07, 6.45) is -0.885. The number of hydrogen-bond donors (Lipinski definition) is 1. The number of amides is 1. The van der Waals surface area contributed by atoms with Crippen molar-refractivity contribution in [1.82, 2.24) is 10.3 Å². The van der Waals surface area contributed by atoms with Crippen LogP contribution in [-0.2, 0) is 9.53 Å². The van der Waals surface area contributed by atoms with E-state index in [-0.39, 0.29) is 5.91 Å². The minimum Gasteiger partial charge on any atom is -0.497 e. The Morgan fingerprint density at radius 2 is 1.82 bits per heavy atom. The number of fused-ring (bicyclic) bond motifs is 1. The minimum atomic E-state index is -0.885. The predicted octanol–water partition coefficient (Wildman–Crippen LogP) is 3.59. The molecule has 1 atom stereocenters. The molecular formula is C22H22N2O4. The molecule has 0 spiro atoms. The van der Waals surface area contributed by atoms with Crippen LogP contribution in [0.1, 0.15) is 24.2 Å². The van der Waals surface area contributed by atoms with Crippen LogP contribution in [0.2, 0.25) is 0 Å². The molecule has 6 nitrogen and oxygen atoms in total. The molecule has 0 unspecified atom stereocenters. The first kappa shape index (κ1) is 19.4. The van der Waals surface area contributed by atoms with Gasteiger partial charge < -0.3 is 14.8 Å². The van der Waals surface area contributed by atoms with Crippen LogP contribution in [0.25, 0.3) is 22.2 Å². The molecule has 1 heterocycles. The number of nitrogens with one attached hydrogen (secondary N) is 1. The van der Waals surface area contributed by atoms with E-state index in [4.69, 9.17) is 9.47 Å². The molecule has 0 saturated heterocycles. The van der Waals surface area contributed by atoms with E-state index in [0.717, 1.165) is 11.3 Å². The molecule has 0 fully saturated rings. The third-order valence-electron chi connectivity index (χ3n) is 4.33. The zero-order valence-electron chi connectivity index (χ0n) is 16.1. The van der Waals surface area contributed by atoms with Gasteiger partial charge in [-0.15, -0.1) is 0 Å². The van der Waals surface area contributed by atoms with Gasteiger partial charge in [-0.05, 0) is 50.2 Å². The second-order valence-corrected chi connectivity index (χ2v) is 6.24. The van der Waals surface area contributed by atoms with E-state index in [2.05, 4.69) is 10.3 Å². The molecule has 1 amide bonds. The van der Waals surface area contributed by atoms with Crippen molar-refractivity contribution < 1.29 is 19.1 Å². The Morgan fingerprint density at radius 1 is 1.11 bits per heavy atom. The monoisotopic (exact) mass is 378 g/mol. The van der Waals surface area contributed by atoms with Crippen LogP contribution in [-0.4, -0.2) is 36.6 Å². The number of pyridine rings is 1. The first-order chi connectivity index (χ1) is 13.5. The Balaban J connectivity index is 2.00. The van der Waals surface area contributed by atoms with Gasteiger partial charge in [0.15, 0.2) is 6.10 Å². The lowest BCUT2D eigenvalue weighted by atomic mass is 10.0. The topological polar surface area (TPSA) is 77.5 Å². The normalized spacial score (nSPS) is 11.7. The lowest BCUT2D eigenvalue weighted by Gasteiger charge is -2.14. The molecule has 0 radical (unpaired) electrons. The van der Waals surface area contributed by atoms with Crippen molar-refractivity contribution >= 4 is 22.8 Å². The molecule has 0 bridgehead atoms. The fourth-order valence-electron chi connectivity index (χ4n) is 2.85. The molecule has 3 rings (SSSR count). The number of ether oxygens (including phenoxy) is 2. The summed E-state index contributed by atoms with van der Waals surface area (Å²) in [4.78, 5) is 29.4. The predicted molar refractivity (Wildman–Crippen MR) is 107 cm³/mol. The molecule has 0 aliphatic carbocycles. The van der Waals surface area contributed by atoms with Gasteiger partial charge in [0.2, 0.25) is 0 Å². The van der Waals surface area contributed by atoms with Crippen LogP contribution < -0.4 is 10.1 Å². The summed E-state index contributed by atoms with van der Waals surface area (Å²) in [6, 6.07) is 16.5. The molecule has 28 heavy (non-hydrogen) atoms. The van der Waals surface area contributed by atoms with E-state index < -0.39 is 12.1 Å². The van der Waals surface area contributed by atoms with Crippen LogP contribution in [0, 0.1) is 0 Å². The number of rotatable bonds is 6. The first-order valence-electron chi connectivity index (χ1n) is 9.06. The van der Waals surface area contributed by atoms with Gasteiger partial charge in [-0.3, -0.25) is 4.79 Å². The molecule has 0 saturated carbocycles. The van der Waals surface area contributed by atoms with E-state index in [1.807, 2.05) is 55.5 Å². The van der Waals surface area contributed by atoms with Gasteiger partial charge in [-0.2, -0.15) is 0 Å². The molecule has 3 aromatic rings. The fourth-order valence-corrected chi connectivity index (χ4v) is 2.85. The first-order valence-corrected chi connectivity index (χ1v) is 9.06. The van der Waals surface area contributed by atoms with Crippen molar-refractivity contribution in [3.8, 4) is 17.0 Å². The standard InChI is InChI=1S/C22H22N2O4/c1-4-23-21(25)14(2)28-22(26)18-13-20(15-9-11-16(27-3)12-10-15)24-19-8-6-5-7-17(18)19/h5-14H,4H2,1-3H3,(H,23,25)/t14-/m1/s1. The average molecular weight is 378 g/mol. The number of carbonyl (C=O) groups excluding carboxylic acids is 2. The summed E-state index contributed by atoms with van der Waals surface area (Å²) >= 11 is 0. The summed E-state index contributed by atoms with van der Waals surface area (Å²) in [5.74, 6) is -0.156. The van der Waals surface area contributed by atoms with Gasteiger partial charge in [0.1, 0.15) is 5.75 Å². The maximum atomic E-state index is 12.8. The summed E-state index contributed by atoms with van der Waals surface area (Å²) in [5.41, 5.74) is 2.53. The van der Waals surface area contributed by atoms with Crippen LogP contribution in [0.3, 0.4) is 0 Å². The Kier molecular flexibility index (Phi) is 5.89. The Hall–Kier alpha value is -3.41. The summed E-state index contributed by atoms with van der Waals surface area (Å²) < 4.78 is 10.6. The second-order valence-electron chi connectivity index (χ2n) is 6.24. The van der Waals surface area contributed by atoms with E-state index in [0.29, 0.717) is 28.7 Å². The van der Waals surface area contributed by atoms with Crippen molar-refractivity contribution in [3.63, 3.8) is 0 Å². The molecule has 0 aliphatic heterocycles. The minimum absolute atomic E-state index is 0.329.